The van der Waals surface area contributed by atoms with Crippen LogP contribution < -0.4 is 0 Å². The van der Waals surface area contributed by atoms with Crippen LogP contribution in [0.25, 0.3) is 11.1 Å². The first kappa shape index (κ1) is 24.9. The van der Waals surface area contributed by atoms with Crippen molar-refractivity contribution in [1.82, 2.24) is 4.90 Å². The highest BCUT2D eigenvalue weighted by Crippen LogP contribution is 2.46. The number of halogens is 4. The van der Waals surface area contributed by atoms with Gasteiger partial charge in [0.05, 0.1) is 18.7 Å². The van der Waals surface area contributed by atoms with E-state index in [9.17, 15) is 22.4 Å². The van der Waals surface area contributed by atoms with Crippen molar-refractivity contribution in [3.05, 3.63) is 94.8 Å². The SMILES string of the molecule is CN(CCCC1(c2ccc(F)cc2)OCc2cc(-c3ccc(C(F)(F)F)cc3)ccc21)CC(=O)O. The summed E-state index contributed by atoms with van der Waals surface area (Å²) in [6.45, 7) is 0.765. The summed E-state index contributed by atoms with van der Waals surface area (Å²) >= 11 is 0. The predicted octanol–water partition coefficient (Wildman–Crippen LogP) is 6.08. The molecule has 1 unspecified atom stereocenters. The van der Waals surface area contributed by atoms with Gasteiger partial charge in [0.2, 0.25) is 0 Å². The van der Waals surface area contributed by atoms with E-state index in [-0.39, 0.29) is 12.4 Å². The van der Waals surface area contributed by atoms with Gasteiger partial charge in [-0.2, -0.15) is 13.2 Å². The summed E-state index contributed by atoms with van der Waals surface area (Å²) in [5.74, 6) is -1.26. The number of carboxylic acid groups (broad SMARTS) is 1. The maximum atomic E-state index is 13.6. The van der Waals surface area contributed by atoms with Crippen molar-refractivity contribution in [3.63, 3.8) is 0 Å². The van der Waals surface area contributed by atoms with E-state index in [2.05, 4.69) is 0 Å². The number of carbonyl (C=O) groups is 1. The highest BCUT2D eigenvalue weighted by Gasteiger charge is 2.41. The van der Waals surface area contributed by atoms with Gasteiger partial charge in [-0.15, -0.1) is 0 Å². The Hall–Kier alpha value is -3.23. The van der Waals surface area contributed by atoms with Crippen LogP contribution in [0.2, 0.25) is 0 Å². The number of hydrogen-bond acceptors (Lipinski definition) is 3. The monoisotopic (exact) mass is 487 g/mol. The molecule has 0 saturated carbocycles. The van der Waals surface area contributed by atoms with Crippen LogP contribution in [0.3, 0.4) is 0 Å². The minimum absolute atomic E-state index is 0.0719. The van der Waals surface area contributed by atoms with Crippen molar-refractivity contribution in [3.8, 4) is 11.1 Å². The van der Waals surface area contributed by atoms with Crippen LogP contribution >= 0.6 is 0 Å². The molecule has 0 spiro atoms. The van der Waals surface area contributed by atoms with Crippen molar-refractivity contribution in [2.75, 3.05) is 20.1 Å². The molecule has 4 nitrogen and oxygen atoms in total. The van der Waals surface area contributed by atoms with Crippen LogP contribution in [0.15, 0.2) is 66.7 Å². The molecule has 0 saturated heterocycles. The van der Waals surface area contributed by atoms with Crippen LogP contribution in [0, 0.1) is 5.82 Å². The van der Waals surface area contributed by atoms with Crippen LogP contribution in [0.5, 0.6) is 0 Å². The van der Waals surface area contributed by atoms with E-state index < -0.39 is 23.3 Å². The quantitative estimate of drug-likeness (QED) is 0.391. The largest absolute Gasteiger partial charge is 0.480 e. The normalized spacial score (nSPS) is 17.5. The summed E-state index contributed by atoms with van der Waals surface area (Å²) in [6, 6.07) is 16.9. The number of benzene rings is 3. The Labute approximate surface area is 200 Å². The molecule has 184 valence electrons. The first-order chi connectivity index (χ1) is 16.6. The third kappa shape index (κ3) is 5.39. The van der Waals surface area contributed by atoms with Crippen molar-refractivity contribution in [2.24, 2.45) is 0 Å². The zero-order chi connectivity index (χ0) is 25.2. The number of ether oxygens (including phenoxy) is 1. The highest BCUT2D eigenvalue weighted by molar-refractivity contribution is 5.69. The summed E-state index contributed by atoms with van der Waals surface area (Å²) in [7, 11) is 1.73. The maximum Gasteiger partial charge on any atom is 0.416 e. The Morgan fingerprint density at radius 2 is 1.69 bits per heavy atom. The summed E-state index contributed by atoms with van der Waals surface area (Å²) < 4.78 is 58.7. The molecule has 35 heavy (non-hydrogen) atoms. The van der Waals surface area contributed by atoms with Gasteiger partial charge < -0.3 is 9.84 Å². The van der Waals surface area contributed by atoms with E-state index in [1.54, 1.807) is 24.1 Å². The number of fused-ring (bicyclic) bond motifs is 1. The van der Waals surface area contributed by atoms with E-state index in [1.165, 1.54) is 24.3 Å². The Balaban J connectivity index is 1.64. The summed E-state index contributed by atoms with van der Waals surface area (Å²) in [5, 5.41) is 9.00. The van der Waals surface area contributed by atoms with Gasteiger partial charge in [-0.05, 0) is 84.6 Å². The van der Waals surface area contributed by atoms with Crippen LogP contribution in [-0.2, 0) is 27.9 Å². The fourth-order valence-electron chi connectivity index (χ4n) is 4.63. The molecule has 1 N–H and O–H groups in total. The number of nitrogens with zero attached hydrogens (tertiary/aromatic N) is 1. The molecule has 3 aromatic rings. The highest BCUT2D eigenvalue weighted by atomic mass is 19.4. The zero-order valence-electron chi connectivity index (χ0n) is 19.1. The number of carboxylic acids is 1. The Morgan fingerprint density at radius 3 is 2.31 bits per heavy atom. The minimum Gasteiger partial charge on any atom is -0.480 e. The molecule has 0 amide bonds. The van der Waals surface area contributed by atoms with E-state index in [0.29, 0.717) is 31.6 Å². The molecular formula is C27H25F4NO3. The molecule has 1 heterocycles. The smallest absolute Gasteiger partial charge is 0.416 e. The Morgan fingerprint density at radius 1 is 1.03 bits per heavy atom. The first-order valence-corrected chi connectivity index (χ1v) is 11.2. The van der Waals surface area contributed by atoms with E-state index in [0.717, 1.165) is 34.4 Å². The zero-order valence-corrected chi connectivity index (χ0v) is 19.1. The van der Waals surface area contributed by atoms with Gasteiger partial charge >= 0.3 is 12.1 Å². The van der Waals surface area contributed by atoms with Gasteiger partial charge in [0.25, 0.3) is 0 Å². The fraction of sp³-hybridized carbons (Fsp3) is 0.296. The number of alkyl halides is 3. The molecule has 0 fully saturated rings. The molecule has 3 aromatic carbocycles. The van der Waals surface area contributed by atoms with Gasteiger partial charge in [-0.25, -0.2) is 4.39 Å². The van der Waals surface area contributed by atoms with E-state index >= 15 is 0 Å². The average Bonchev–Trinajstić information content (AvgIpc) is 3.17. The standard InChI is InChI=1S/C27H25F4NO3/c1-32(16-25(33)34)14-2-13-26(21-8-10-23(28)11-9-21)24-12-5-19(15-20(24)17-35-26)18-3-6-22(7-4-18)27(29,30)31/h3-12,15H,2,13-14,16-17H2,1H3,(H,33,34). The average molecular weight is 487 g/mol. The van der Waals surface area contributed by atoms with Crippen molar-refractivity contribution < 1.29 is 32.2 Å². The third-order valence-corrected chi connectivity index (χ3v) is 6.34. The molecule has 8 heteroatoms. The van der Waals surface area contributed by atoms with Crippen molar-refractivity contribution in [2.45, 2.75) is 31.2 Å². The van der Waals surface area contributed by atoms with Gasteiger partial charge in [0.15, 0.2) is 0 Å². The molecule has 0 radical (unpaired) electrons. The van der Waals surface area contributed by atoms with Crippen LogP contribution in [-0.4, -0.2) is 36.1 Å². The molecule has 1 aliphatic heterocycles. The molecule has 0 bridgehead atoms. The Bertz CT molecular complexity index is 1190. The molecule has 4 rings (SSSR count). The van der Waals surface area contributed by atoms with Gasteiger partial charge in [0.1, 0.15) is 11.4 Å². The number of aliphatic carboxylic acids is 1. The number of likely N-dealkylation sites (N-methyl/N-ethyl adjacent to an activating group) is 1. The van der Waals surface area contributed by atoms with Gasteiger partial charge in [-0.1, -0.05) is 36.4 Å². The second-order valence-electron chi connectivity index (χ2n) is 8.80. The number of hydrogen-bond donors (Lipinski definition) is 1. The van der Waals surface area contributed by atoms with Crippen molar-refractivity contribution >= 4 is 5.97 Å². The lowest BCUT2D eigenvalue weighted by Crippen LogP contribution is -2.31. The van der Waals surface area contributed by atoms with Gasteiger partial charge in [0, 0.05) is 0 Å². The maximum absolute atomic E-state index is 13.6. The summed E-state index contributed by atoms with van der Waals surface area (Å²) in [5.41, 5.74) is 2.53. The van der Waals surface area contributed by atoms with Crippen LogP contribution in [0.4, 0.5) is 17.6 Å². The van der Waals surface area contributed by atoms with Crippen LogP contribution in [0.1, 0.15) is 35.1 Å². The van der Waals surface area contributed by atoms with E-state index in [4.69, 9.17) is 9.84 Å². The summed E-state index contributed by atoms with van der Waals surface area (Å²) in [6.07, 6.45) is -3.20. The number of rotatable bonds is 8. The van der Waals surface area contributed by atoms with Crippen molar-refractivity contribution in [1.29, 1.82) is 0 Å². The fourth-order valence-corrected chi connectivity index (χ4v) is 4.63. The molecular weight excluding hydrogens is 462 g/mol. The molecule has 0 aromatic heterocycles. The topological polar surface area (TPSA) is 49.8 Å². The van der Waals surface area contributed by atoms with E-state index in [1.807, 2.05) is 18.2 Å². The van der Waals surface area contributed by atoms with Gasteiger partial charge in [-0.3, -0.25) is 9.69 Å². The molecule has 1 aliphatic rings. The lowest BCUT2D eigenvalue weighted by molar-refractivity contribution is -0.138. The second kappa shape index (κ2) is 9.79. The molecule has 1 atom stereocenters. The minimum atomic E-state index is -4.39. The molecule has 0 aliphatic carbocycles. The lowest BCUT2D eigenvalue weighted by Gasteiger charge is -2.31. The Kier molecular flexibility index (Phi) is 6.96. The second-order valence-corrected chi connectivity index (χ2v) is 8.80. The predicted molar refractivity (Wildman–Crippen MR) is 123 cm³/mol. The third-order valence-electron chi connectivity index (χ3n) is 6.34. The lowest BCUT2D eigenvalue weighted by atomic mass is 9.81. The summed E-state index contributed by atoms with van der Waals surface area (Å²) in [4.78, 5) is 12.7. The first-order valence-electron chi connectivity index (χ1n) is 11.2.